The summed E-state index contributed by atoms with van der Waals surface area (Å²) >= 11 is 0. The van der Waals surface area contributed by atoms with Gasteiger partial charge < -0.3 is 15.2 Å². The first-order chi connectivity index (χ1) is 8.38. The third kappa shape index (κ3) is 2.32. The van der Waals surface area contributed by atoms with Gasteiger partial charge in [-0.05, 0) is 31.6 Å². The van der Waals surface area contributed by atoms with Crippen molar-refractivity contribution >= 4 is 23.8 Å². The molecule has 1 aliphatic rings. The van der Waals surface area contributed by atoms with Gasteiger partial charge in [-0.3, -0.25) is 4.79 Å². The van der Waals surface area contributed by atoms with Gasteiger partial charge in [0.2, 0.25) is 0 Å². The van der Waals surface area contributed by atoms with E-state index < -0.39 is 11.6 Å². The molecule has 0 aliphatic carbocycles. The number of fused-ring (bicyclic) bond motifs is 1. The van der Waals surface area contributed by atoms with E-state index in [0.29, 0.717) is 17.1 Å². The van der Waals surface area contributed by atoms with Crippen LogP contribution in [0.3, 0.4) is 0 Å². The third-order valence-corrected chi connectivity index (χ3v) is 2.44. The molecule has 0 atom stereocenters. The topological polar surface area (TPSA) is 88.5 Å². The van der Waals surface area contributed by atoms with Crippen LogP contribution in [0.25, 0.3) is 6.08 Å². The van der Waals surface area contributed by atoms with Gasteiger partial charge in [0, 0.05) is 12.3 Å². The second-order valence-corrected chi connectivity index (χ2v) is 4.35. The van der Waals surface area contributed by atoms with Gasteiger partial charge in [0.25, 0.3) is 5.91 Å². The van der Waals surface area contributed by atoms with Crippen LogP contribution in [-0.4, -0.2) is 27.6 Å². The average molecular weight is 248 g/mol. The number of ether oxygens (including phenoxy) is 1. The van der Waals surface area contributed by atoms with Crippen molar-refractivity contribution in [2.24, 2.45) is 0 Å². The lowest BCUT2D eigenvalue weighted by atomic mass is 10.1. The van der Waals surface area contributed by atoms with Crippen LogP contribution in [0.4, 0.5) is 5.82 Å². The molecule has 0 saturated heterocycles. The first kappa shape index (κ1) is 12.1. The van der Waals surface area contributed by atoms with Crippen LogP contribution < -0.4 is 10.1 Å². The highest BCUT2D eigenvalue weighted by Crippen LogP contribution is 2.32. The lowest BCUT2D eigenvalue weighted by Crippen LogP contribution is -2.46. The second kappa shape index (κ2) is 4.14. The summed E-state index contributed by atoms with van der Waals surface area (Å²) < 4.78 is 5.52. The summed E-state index contributed by atoms with van der Waals surface area (Å²) in [6.07, 6.45) is 3.87. The Morgan fingerprint density at radius 3 is 2.94 bits per heavy atom. The number of nitrogens with zero attached hydrogens (tertiary/aromatic N) is 1. The number of hydrogen-bond acceptors (Lipinski definition) is 4. The van der Waals surface area contributed by atoms with E-state index in [-0.39, 0.29) is 5.91 Å². The molecule has 2 heterocycles. The smallest absolute Gasteiger partial charge is 0.328 e. The van der Waals surface area contributed by atoms with Crippen molar-refractivity contribution in [3.05, 3.63) is 23.9 Å². The Hall–Kier alpha value is -2.37. The number of hydrogen-bond donors (Lipinski definition) is 2. The first-order valence-electron chi connectivity index (χ1n) is 5.30. The van der Waals surface area contributed by atoms with Crippen molar-refractivity contribution in [1.29, 1.82) is 0 Å². The van der Waals surface area contributed by atoms with E-state index in [1.807, 2.05) is 0 Å². The summed E-state index contributed by atoms with van der Waals surface area (Å²) in [7, 11) is 0. The van der Waals surface area contributed by atoms with Crippen LogP contribution in [0, 0.1) is 0 Å². The minimum Gasteiger partial charge on any atom is -0.478 e. The quantitative estimate of drug-likeness (QED) is 0.770. The molecule has 0 radical (unpaired) electrons. The number of aromatic nitrogens is 1. The lowest BCUT2D eigenvalue weighted by molar-refractivity contribution is -0.131. The molecule has 0 saturated carbocycles. The molecule has 0 aromatic carbocycles. The SMILES string of the molecule is CC1(C)Oc2cc(C=CC(=O)O)cnc2NC1=O. The van der Waals surface area contributed by atoms with E-state index in [2.05, 4.69) is 10.3 Å². The normalized spacial score (nSPS) is 16.9. The van der Waals surface area contributed by atoms with Crippen LogP contribution in [0.1, 0.15) is 19.4 Å². The highest BCUT2D eigenvalue weighted by atomic mass is 16.5. The maximum Gasteiger partial charge on any atom is 0.328 e. The molecule has 1 aliphatic heterocycles. The molecule has 2 N–H and O–H groups in total. The molecular weight excluding hydrogens is 236 g/mol. The van der Waals surface area contributed by atoms with Gasteiger partial charge in [0.05, 0.1) is 0 Å². The number of carboxylic acid groups (broad SMARTS) is 1. The molecule has 1 amide bonds. The zero-order chi connectivity index (χ0) is 13.3. The standard InChI is InChI=1S/C12H12N2O4/c1-12(2)11(17)14-10-8(18-12)5-7(6-13-10)3-4-9(15)16/h3-6H,1-2H3,(H,15,16)(H,13,14,17). The Morgan fingerprint density at radius 1 is 1.56 bits per heavy atom. The fourth-order valence-corrected chi connectivity index (χ4v) is 1.47. The van der Waals surface area contributed by atoms with E-state index >= 15 is 0 Å². The third-order valence-electron chi connectivity index (χ3n) is 2.44. The average Bonchev–Trinajstić information content (AvgIpc) is 2.27. The minimum atomic E-state index is -1.04. The van der Waals surface area contributed by atoms with Gasteiger partial charge in [-0.1, -0.05) is 0 Å². The molecular formula is C12H12N2O4. The highest BCUT2D eigenvalue weighted by Gasteiger charge is 2.35. The summed E-state index contributed by atoms with van der Waals surface area (Å²) in [5.74, 6) is -0.544. The summed E-state index contributed by atoms with van der Waals surface area (Å²) in [6.45, 7) is 3.29. The number of nitrogens with one attached hydrogen (secondary N) is 1. The lowest BCUT2D eigenvalue weighted by Gasteiger charge is -2.30. The summed E-state index contributed by atoms with van der Waals surface area (Å²) in [5, 5.41) is 11.2. The van der Waals surface area contributed by atoms with Gasteiger partial charge in [-0.2, -0.15) is 0 Å². The maximum absolute atomic E-state index is 11.6. The van der Waals surface area contributed by atoms with Crippen molar-refractivity contribution in [2.75, 3.05) is 5.32 Å². The molecule has 94 valence electrons. The maximum atomic E-state index is 11.6. The Morgan fingerprint density at radius 2 is 2.28 bits per heavy atom. The highest BCUT2D eigenvalue weighted by molar-refractivity contribution is 5.99. The van der Waals surface area contributed by atoms with Crippen LogP contribution >= 0.6 is 0 Å². The summed E-state index contributed by atoms with van der Waals surface area (Å²) in [4.78, 5) is 26.0. The van der Waals surface area contributed by atoms with E-state index in [1.165, 1.54) is 12.3 Å². The molecule has 0 fully saturated rings. The molecule has 2 rings (SSSR count). The van der Waals surface area contributed by atoms with Gasteiger partial charge in [-0.25, -0.2) is 9.78 Å². The largest absolute Gasteiger partial charge is 0.478 e. The molecule has 0 unspecified atom stereocenters. The number of rotatable bonds is 2. The zero-order valence-corrected chi connectivity index (χ0v) is 9.93. The van der Waals surface area contributed by atoms with Crippen LogP contribution in [-0.2, 0) is 9.59 Å². The van der Waals surface area contributed by atoms with E-state index in [4.69, 9.17) is 9.84 Å². The number of anilines is 1. The van der Waals surface area contributed by atoms with Gasteiger partial charge in [0.15, 0.2) is 17.2 Å². The first-order valence-corrected chi connectivity index (χ1v) is 5.30. The van der Waals surface area contributed by atoms with Gasteiger partial charge in [0.1, 0.15) is 0 Å². The van der Waals surface area contributed by atoms with Crippen LogP contribution in [0.5, 0.6) is 5.75 Å². The monoisotopic (exact) mass is 248 g/mol. The van der Waals surface area contributed by atoms with Gasteiger partial charge in [-0.15, -0.1) is 0 Å². The van der Waals surface area contributed by atoms with Crippen molar-refractivity contribution in [3.63, 3.8) is 0 Å². The fourth-order valence-electron chi connectivity index (χ4n) is 1.47. The van der Waals surface area contributed by atoms with Crippen LogP contribution in [0.15, 0.2) is 18.3 Å². The predicted octanol–water partition coefficient (Wildman–Crippen LogP) is 1.29. The Balaban J connectivity index is 2.33. The zero-order valence-electron chi connectivity index (χ0n) is 9.93. The van der Waals surface area contributed by atoms with Crippen molar-refractivity contribution in [1.82, 2.24) is 4.98 Å². The molecule has 0 bridgehead atoms. The molecule has 6 heteroatoms. The van der Waals surface area contributed by atoms with Crippen molar-refractivity contribution in [3.8, 4) is 5.75 Å². The van der Waals surface area contributed by atoms with E-state index in [0.717, 1.165) is 6.08 Å². The summed E-state index contributed by atoms with van der Waals surface area (Å²) in [5.41, 5.74) is -0.382. The Bertz CT molecular complexity index is 549. The second-order valence-electron chi connectivity index (χ2n) is 4.35. The molecule has 1 aromatic rings. The van der Waals surface area contributed by atoms with Crippen molar-refractivity contribution in [2.45, 2.75) is 19.4 Å². The van der Waals surface area contributed by atoms with Crippen molar-refractivity contribution < 1.29 is 19.4 Å². The van der Waals surface area contributed by atoms with Gasteiger partial charge >= 0.3 is 5.97 Å². The van der Waals surface area contributed by atoms with E-state index in [9.17, 15) is 9.59 Å². The predicted molar refractivity (Wildman–Crippen MR) is 64.2 cm³/mol. The van der Waals surface area contributed by atoms with E-state index in [1.54, 1.807) is 19.9 Å². The number of carbonyl (C=O) groups is 2. The van der Waals surface area contributed by atoms with Crippen LogP contribution in [0.2, 0.25) is 0 Å². The molecule has 0 spiro atoms. The Kier molecular flexibility index (Phi) is 2.78. The molecule has 6 nitrogen and oxygen atoms in total. The summed E-state index contributed by atoms with van der Waals surface area (Å²) in [6, 6.07) is 1.63. The number of aliphatic carboxylic acids is 1. The molecule has 1 aromatic heterocycles. The Labute approximate surface area is 103 Å². The number of carbonyl (C=O) groups excluding carboxylic acids is 1. The fraction of sp³-hybridized carbons (Fsp3) is 0.250. The number of carboxylic acids is 1. The number of amides is 1. The molecule has 18 heavy (non-hydrogen) atoms. The minimum absolute atomic E-state index is 0.267. The number of pyridine rings is 1.